The molecule has 0 spiro atoms. The number of carbonyl (C=O) groups excluding carboxylic acids is 2. The second-order valence-corrected chi connectivity index (χ2v) is 6.96. The van der Waals surface area contributed by atoms with Gasteiger partial charge in [-0.3, -0.25) is 9.59 Å². The molecule has 0 bridgehead atoms. The lowest BCUT2D eigenvalue weighted by Crippen LogP contribution is -2.31. The molecule has 2 amide bonds. The topological polar surface area (TPSA) is 49.4 Å². The van der Waals surface area contributed by atoms with Crippen molar-refractivity contribution in [3.8, 4) is 0 Å². The zero-order valence-corrected chi connectivity index (χ0v) is 14.8. The molecule has 124 valence electrons. The van der Waals surface area contributed by atoms with E-state index in [2.05, 4.69) is 21.2 Å². The number of amides is 2. The highest BCUT2D eigenvalue weighted by atomic mass is 79.9. The number of rotatable bonds is 5. The van der Waals surface area contributed by atoms with E-state index in [1.165, 1.54) is 0 Å². The summed E-state index contributed by atoms with van der Waals surface area (Å²) < 4.78 is 0.942. The number of benzene rings is 2. The average molecular weight is 387 g/mol. The summed E-state index contributed by atoms with van der Waals surface area (Å²) in [6, 6.07) is 17.2. The molecule has 1 saturated heterocycles. The Labute approximate surface area is 150 Å². The van der Waals surface area contributed by atoms with Crippen LogP contribution in [-0.4, -0.2) is 29.8 Å². The van der Waals surface area contributed by atoms with Gasteiger partial charge >= 0.3 is 0 Å². The zero-order valence-electron chi connectivity index (χ0n) is 13.2. The first-order chi connectivity index (χ1) is 11.6. The molecule has 0 radical (unpaired) electrons. The molecule has 24 heavy (non-hydrogen) atoms. The fraction of sp³-hybridized carbons (Fsp3) is 0.263. The number of hydrogen-bond acceptors (Lipinski definition) is 2. The summed E-state index contributed by atoms with van der Waals surface area (Å²) in [5.74, 6) is 0.221. The van der Waals surface area contributed by atoms with E-state index in [0.29, 0.717) is 31.6 Å². The second-order valence-electron chi connectivity index (χ2n) is 6.05. The van der Waals surface area contributed by atoms with E-state index >= 15 is 0 Å². The Bertz CT molecular complexity index is 716. The van der Waals surface area contributed by atoms with Crippen molar-refractivity contribution >= 4 is 27.7 Å². The van der Waals surface area contributed by atoms with Crippen LogP contribution in [0.4, 0.5) is 0 Å². The van der Waals surface area contributed by atoms with Crippen LogP contribution in [0, 0.1) is 5.92 Å². The summed E-state index contributed by atoms with van der Waals surface area (Å²) in [7, 11) is 0. The fourth-order valence-corrected chi connectivity index (χ4v) is 3.15. The molecule has 5 heteroatoms. The van der Waals surface area contributed by atoms with Gasteiger partial charge in [0.1, 0.15) is 0 Å². The average Bonchev–Trinajstić information content (AvgIpc) is 2.94. The van der Waals surface area contributed by atoms with Crippen molar-refractivity contribution in [2.75, 3.05) is 13.1 Å². The molecule has 1 N–H and O–H groups in total. The van der Waals surface area contributed by atoms with Crippen molar-refractivity contribution < 1.29 is 9.59 Å². The zero-order chi connectivity index (χ0) is 16.9. The first-order valence-corrected chi connectivity index (χ1v) is 8.76. The van der Waals surface area contributed by atoms with Gasteiger partial charge < -0.3 is 10.2 Å². The fourth-order valence-electron chi connectivity index (χ4n) is 2.89. The van der Waals surface area contributed by atoms with E-state index in [1.807, 2.05) is 47.4 Å². The highest BCUT2D eigenvalue weighted by molar-refractivity contribution is 9.10. The molecule has 2 aromatic rings. The smallest absolute Gasteiger partial charge is 0.251 e. The van der Waals surface area contributed by atoms with E-state index in [1.54, 1.807) is 12.1 Å². The monoisotopic (exact) mass is 386 g/mol. The molecule has 1 fully saturated rings. The molecule has 1 unspecified atom stereocenters. The SMILES string of the molecule is O=C(NCC1CC(=O)N(Cc2ccccc2)C1)c1ccc(Br)cc1. The van der Waals surface area contributed by atoms with Crippen molar-refractivity contribution in [1.29, 1.82) is 0 Å². The number of nitrogens with one attached hydrogen (secondary N) is 1. The summed E-state index contributed by atoms with van der Waals surface area (Å²) >= 11 is 3.35. The van der Waals surface area contributed by atoms with Crippen molar-refractivity contribution in [2.24, 2.45) is 5.92 Å². The first kappa shape index (κ1) is 16.7. The van der Waals surface area contributed by atoms with Crippen LogP contribution in [0.15, 0.2) is 59.1 Å². The Kier molecular flexibility index (Phi) is 5.30. The van der Waals surface area contributed by atoms with Crippen LogP contribution in [0.5, 0.6) is 0 Å². The molecule has 0 saturated carbocycles. The van der Waals surface area contributed by atoms with Crippen molar-refractivity contribution in [2.45, 2.75) is 13.0 Å². The van der Waals surface area contributed by atoms with Gasteiger partial charge in [-0.15, -0.1) is 0 Å². The highest BCUT2D eigenvalue weighted by Crippen LogP contribution is 2.20. The van der Waals surface area contributed by atoms with Gasteiger partial charge in [0.2, 0.25) is 5.91 Å². The summed E-state index contributed by atoms with van der Waals surface area (Å²) in [5.41, 5.74) is 1.76. The molecule has 1 atom stereocenters. The Hall–Kier alpha value is -2.14. The molecule has 1 aliphatic heterocycles. The third-order valence-corrected chi connectivity index (χ3v) is 4.70. The number of halogens is 1. The van der Waals surface area contributed by atoms with Gasteiger partial charge in [0.05, 0.1) is 0 Å². The van der Waals surface area contributed by atoms with E-state index in [4.69, 9.17) is 0 Å². The normalized spacial score (nSPS) is 17.1. The van der Waals surface area contributed by atoms with Crippen LogP contribution < -0.4 is 5.32 Å². The van der Waals surface area contributed by atoms with Crippen molar-refractivity contribution in [1.82, 2.24) is 10.2 Å². The Balaban J connectivity index is 1.51. The molecule has 0 aliphatic carbocycles. The largest absolute Gasteiger partial charge is 0.352 e. The molecular weight excluding hydrogens is 368 g/mol. The maximum absolute atomic E-state index is 12.1. The van der Waals surface area contributed by atoms with Gasteiger partial charge in [0, 0.05) is 42.0 Å². The molecule has 3 rings (SSSR count). The van der Waals surface area contributed by atoms with E-state index in [9.17, 15) is 9.59 Å². The Morgan fingerprint density at radius 1 is 1.12 bits per heavy atom. The minimum atomic E-state index is -0.101. The number of carbonyl (C=O) groups is 2. The van der Waals surface area contributed by atoms with Crippen LogP contribution in [0.3, 0.4) is 0 Å². The molecule has 4 nitrogen and oxygen atoms in total. The molecule has 1 heterocycles. The van der Waals surface area contributed by atoms with Crippen LogP contribution in [0.1, 0.15) is 22.3 Å². The number of likely N-dealkylation sites (tertiary alicyclic amines) is 1. The maximum Gasteiger partial charge on any atom is 0.251 e. The summed E-state index contributed by atoms with van der Waals surface area (Å²) in [5, 5.41) is 2.93. The van der Waals surface area contributed by atoms with Crippen LogP contribution in [-0.2, 0) is 11.3 Å². The van der Waals surface area contributed by atoms with Crippen LogP contribution in [0.2, 0.25) is 0 Å². The summed E-state index contributed by atoms with van der Waals surface area (Å²) in [6.45, 7) is 1.84. The van der Waals surface area contributed by atoms with Gasteiger partial charge in [-0.05, 0) is 29.8 Å². The van der Waals surface area contributed by atoms with E-state index < -0.39 is 0 Å². The van der Waals surface area contributed by atoms with Crippen molar-refractivity contribution in [3.63, 3.8) is 0 Å². The lowest BCUT2D eigenvalue weighted by atomic mass is 10.1. The third kappa shape index (κ3) is 4.23. The Morgan fingerprint density at radius 3 is 2.54 bits per heavy atom. The van der Waals surface area contributed by atoms with Gasteiger partial charge in [0.15, 0.2) is 0 Å². The van der Waals surface area contributed by atoms with Crippen LogP contribution >= 0.6 is 15.9 Å². The molecule has 2 aromatic carbocycles. The van der Waals surface area contributed by atoms with Gasteiger partial charge in [-0.25, -0.2) is 0 Å². The first-order valence-electron chi connectivity index (χ1n) is 7.97. The summed E-state index contributed by atoms with van der Waals surface area (Å²) in [4.78, 5) is 26.2. The third-order valence-electron chi connectivity index (χ3n) is 4.17. The quantitative estimate of drug-likeness (QED) is 0.857. The van der Waals surface area contributed by atoms with Gasteiger partial charge in [-0.1, -0.05) is 46.3 Å². The minimum Gasteiger partial charge on any atom is -0.352 e. The number of hydrogen-bond donors (Lipinski definition) is 1. The van der Waals surface area contributed by atoms with Gasteiger partial charge in [0.25, 0.3) is 5.91 Å². The lowest BCUT2D eigenvalue weighted by molar-refractivity contribution is -0.128. The van der Waals surface area contributed by atoms with Gasteiger partial charge in [-0.2, -0.15) is 0 Å². The lowest BCUT2D eigenvalue weighted by Gasteiger charge is -2.17. The summed E-state index contributed by atoms with van der Waals surface area (Å²) in [6.07, 6.45) is 0.494. The predicted octanol–water partition coefficient (Wildman–Crippen LogP) is 3.23. The predicted molar refractivity (Wildman–Crippen MR) is 96.4 cm³/mol. The number of nitrogens with zero attached hydrogens (tertiary/aromatic N) is 1. The van der Waals surface area contributed by atoms with Crippen molar-refractivity contribution in [3.05, 3.63) is 70.2 Å². The minimum absolute atomic E-state index is 0.101. The van der Waals surface area contributed by atoms with Crippen LogP contribution in [0.25, 0.3) is 0 Å². The van der Waals surface area contributed by atoms with E-state index in [0.717, 1.165) is 10.0 Å². The molecule has 1 aliphatic rings. The molecule has 0 aromatic heterocycles. The standard InChI is InChI=1S/C19H19BrN2O2/c20-17-8-6-16(7-9-17)19(24)21-11-15-10-18(23)22(13-15)12-14-4-2-1-3-5-14/h1-9,15H,10-13H2,(H,21,24). The molecular formula is C19H19BrN2O2. The highest BCUT2D eigenvalue weighted by Gasteiger charge is 2.29. The maximum atomic E-state index is 12.1. The van der Waals surface area contributed by atoms with E-state index in [-0.39, 0.29) is 17.7 Å². The second kappa shape index (κ2) is 7.62. The Morgan fingerprint density at radius 2 is 1.83 bits per heavy atom.